The second-order valence-corrected chi connectivity index (χ2v) is 4.51. The minimum atomic E-state index is 0.114. The molecule has 0 atom stereocenters. The van der Waals surface area contributed by atoms with Crippen molar-refractivity contribution in [1.29, 1.82) is 0 Å². The van der Waals surface area contributed by atoms with E-state index in [1.165, 1.54) is 0 Å². The molecule has 0 saturated carbocycles. The molecule has 6 heteroatoms. The van der Waals surface area contributed by atoms with E-state index < -0.39 is 0 Å². The second-order valence-electron chi connectivity index (χ2n) is 3.51. The molecule has 0 aliphatic rings. The highest BCUT2D eigenvalue weighted by molar-refractivity contribution is 7.98. The molecule has 1 aromatic heterocycles. The van der Waals surface area contributed by atoms with Crippen LogP contribution >= 0.6 is 11.8 Å². The molecule has 18 heavy (non-hydrogen) atoms. The summed E-state index contributed by atoms with van der Waals surface area (Å²) in [5.41, 5.74) is 7.32. The zero-order valence-electron chi connectivity index (χ0n) is 9.52. The molecule has 2 rings (SSSR count). The van der Waals surface area contributed by atoms with E-state index in [-0.39, 0.29) is 5.84 Å². The summed E-state index contributed by atoms with van der Waals surface area (Å²) in [4.78, 5) is 8.18. The number of nitrogens with zero attached hydrogens (tertiary/aromatic N) is 3. The van der Waals surface area contributed by atoms with Gasteiger partial charge in [-0.3, -0.25) is 4.98 Å². The molecule has 1 heterocycles. The monoisotopic (exact) mass is 260 g/mol. The number of nitrogens with two attached hydrogens (primary N) is 1. The first-order valence-corrected chi connectivity index (χ1v) is 6.24. The molecule has 0 radical (unpaired) electrons. The first-order chi connectivity index (χ1) is 8.79. The summed E-state index contributed by atoms with van der Waals surface area (Å²) < 4.78 is 0. The number of rotatable bonds is 4. The van der Waals surface area contributed by atoms with Gasteiger partial charge in [-0.25, -0.2) is 4.98 Å². The molecule has 3 N–H and O–H groups in total. The maximum Gasteiger partial charge on any atom is 0.170 e. The van der Waals surface area contributed by atoms with Crippen LogP contribution < -0.4 is 5.73 Å². The van der Waals surface area contributed by atoms with Crippen LogP contribution in [0.4, 0.5) is 0 Å². The Morgan fingerprint density at radius 2 is 2.06 bits per heavy atom. The molecule has 92 valence electrons. The van der Waals surface area contributed by atoms with Crippen molar-refractivity contribution in [1.82, 2.24) is 9.97 Å². The summed E-state index contributed by atoms with van der Waals surface area (Å²) in [5.74, 6) is 0.915. The van der Waals surface area contributed by atoms with E-state index in [2.05, 4.69) is 15.1 Å². The quantitative estimate of drug-likeness (QED) is 0.288. The van der Waals surface area contributed by atoms with Crippen LogP contribution in [-0.2, 0) is 5.75 Å². The van der Waals surface area contributed by atoms with Gasteiger partial charge in [-0.15, -0.1) is 11.8 Å². The Labute approximate surface area is 109 Å². The third kappa shape index (κ3) is 3.21. The molecule has 2 aromatic rings. The third-order valence-electron chi connectivity index (χ3n) is 2.28. The molecular weight excluding hydrogens is 248 g/mol. The number of benzene rings is 1. The number of thioether (sulfide) groups is 1. The van der Waals surface area contributed by atoms with Crippen molar-refractivity contribution >= 4 is 17.6 Å². The van der Waals surface area contributed by atoms with E-state index >= 15 is 0 Å². The lowest BCUT2D eigenvalue weighted by molar-refractivity contribution is 0.318. The standard InChI is InChI=1S/C12H12N4OS/c13-12(16-17)10-3-1-9(2-4-10)8-18-11-7-14-5-6-15-11/h1-7,17H,8H2,(H2,13,16). The van der Waals surface area contributed by atoms with E-state index in [1.807, 2.05) is 24.3 Å². The summed E-state index contributed by atoms with van der Waals surface area (Å²) in [7, 11) is 0. The van der Waals surface area contributed by atoms with Gasteiger partial charge in [0, 0.05) is 23.7 Å². The molecule has 0 amide bonds. The van der Waals surface area contributed by atoms with Crippen LogP contribution in [0.25, 0.3) is 0 Å². The largest absolute Gasteiger partial charge is 0.409 e. The molecular formula is C12H12N4OS. The number of oxime groups is 1. The Morgan fingerprint density at radius 1 is 1.28 bits per heavy atom. The van der Waals surface area contributed by atoms with Gasteiger partial charge in [-0.05, 0) is 5.56 Å². The Balaban J connectivity index is 1.99. The van der Waals surface area contributed by atoms with Gasteiger partial charge in [0.25, 0.3) is 0 Å². The predicted octanol–water partition coefficient (Wildman–Crippen LogP) is 1.86. The van der Waals surface area contributed by atoms with Gasteiger partial charge in [0.15, 0.2) is 5.84 Å². The van der Waals surface area contributed by atoms with Gasteiger partial charge in [0.2, 0.25) is 0 Å². The number of hydrogen-bond acceptors (Lipinski definition) is 5. The molecule has 0 spiro atoms. The lowest BCUT2D eigenvalue weighted by atomic mass is 10.1. The van der Waals surface area contributed by atoms with Crippen LogP contribution in [0.15, 0.2) is 53.0 Å². The maximum atomic E-state index is 8.55. The molecule has 0 aliphatic heterocycles. The van der Waals surface area contributed by atoms with Crippen LogP contribution in [0.1, 0.15) is 11.1 Å². The second kappa shape index (κ2) is 6.02. The molecule has 0 unspecified atom stereocenters. The third-order valence-corrected chi connectivity index (χ3v) is 3.27. The topological polar surface area (TPSA) is 84.4 Å². The first kappa shape index (κ1) is 12.4. The van der Waals surface area contributed by atoms with Gasteiger partial charge in [-0.2, -0.15) is 0 Å². The SMILES string of the molecule is NC(=NO)c1ccc(CSc2cnccn2)cc1. The van der Waals surface area contributed by atoms with Crippen molar-refractivity contribution < 1.29 is 5.21 Å². The van der Waals surface area contributed by atoms with Crippen molar-refractivity contribution in [2.24, 2.45) is 10.9 Å². The maximum absolute atomic E-state index is 8.55. The Kier molecular flexibility index (Phi) is 4.14. The van der Waals surface area contributed by atoms with Crippen LogP contribution in [-0.4, -0.2) is 21.0 Å². The average Bonchev–Trinajstić information content (AvgIpc) is 2.46. The summed E-state index contributed by atoms with van der Waals surface area (Å²) in [5, 5.41) is 12.4. The van der Waals surface area contributed by atoms with Gasteiger partial charge in [0.1, 0.15) is 5.03 Å². The average molecular weight is 260 g/mol. The zero-order valence-corrected chi connectivity index (χ0v) is 10.3. The van der Waals surface area contributed by atoms with E-state index in [4.69, 9.17) is 10.9 Å². The number of hydrogen-bond donors (Lipinski definition) is 2. The van der Waals surface area contributed by atoms with Crippen LogP contribution in [0.5, 0.6) is 0 Å². The number of aromatic nitrogens is 2. The number of amidine groups is 1. The first-order valence-electron chi connectivity index (χ1n) is 5.25. The lowest BCUT2D eigenvalue weighted by Crippen LogP contribution is -2.12. The molecule has 0 aliphatic carbocycles. The molecule has 0 fully saturated rings. The smallest absolute Gasteiger partial charge is 0.170 e. The zero-order chi connectivity index (χ0) is 12.8. The highest BCUT2D eigenvalue weighted by atomic mass is 32.2. The molecule has 5 nitrogen and oxygen atoms in total. The normalized spacial score (nSPS) is 11.4. The van der Waals surface area contributed by atoms with E-state index in [0.29, 0.717) is 5.56 Å². The van der Waals surface area contributed by atoms with Gasteiger partial charge in [0.05, 0.1) is 6.20 Å². The Bertz CT molecular complexity index is 528. The molecule has 0 bridgehead atoms. The van der Waals surface area contributed by atoms with E-state index in [9.17, 15) is 0 Å². The van der Waals surface area contributed by atoms with Crippen molar-refractivity contribution in [2.75, 3.05) is 0 Å². The predicted molar refractivity (Wildman–Crippen MR) is 70.5 cm³/mol. The molecule has 1 aromatic carbocycles. The van der Waals surface area contributed by atoms with Gasteiger partial charge in [-0.1, -0.05) is 29.4 Å². The minimum absolute atomic E-state index is 0.114. The minimum Gasteiger partial charge on any atom is -0.409 e. The fraction of sp³-hybridized carbons (Fsp3) is 0.0833. The lowest BCUT2D eigenvalue weighted by Gasteiger charge is -2.02. The summed E-state index contributed by atoms with van der Waals surface area (Å²) >= 11 is 1.61. The van der Waals surface area contributed by atoms with Crippen molar-refractivity contribution in [2.45, 2.75) is 10.8 Å². The van der Waals surface area contributed by atoms with Crippen LogP contribution in [0.2, 0.25) is 0 Å². The Morgan fingerprint density at radius 3 is 2.67 bits per heavy atom. The van der Waals surface area contributed by atoms with Crippen molar-refractivity contribution in [3.8, 4) is 0 Å². The van der Waals surface area contributed by atoms with Crippen molar-refractivity contribution in [3.63, 3.8) is 0 Å². The van der Waals surface area contributed by atoms with E-state index in [1.54, 1.807) is 30.4 Å². The molecule has 0 saturated heterocycles. The van der Waals surface area contributed by atoms with Gasteiger partial charge < -0.3 is 10.9 Å². The summed E-state index contributed by atoms with van der Waals surface area (Å²) in [6.07, 6.45) is 5.05. The van der Waals surface area contributed by atoms with Crippen molar-refractivity contribution in [3.05, 3.63) is 54.0 Å². The summed E-state index contributed by atoms with van der Waals surface area (Å²) in [6, 6.07) is 7.52. The van der Waals surface area contributed by atoms with Gasteiger partial charge >= 0.3 is 0 Å². The fourth-order valence-electron chi connectivity index (χ4n) is 1.35. The summed E-state index contributed by atoms with van der Waals surface area (Å²) in [6.45, 7) is 0. The highest BCUT2D eigenvalue weighted by Gasteiger charge is 2.00. The fourth-order valence-corrected chi connectivity index (χ4v) is 2.12. The van der Waals surface area contributed by atoms with Crippen LogP contribution in [0.3, 0.4) is 0 Å². The Hall–Kier alpha value is -2.08. The van der Waals surface area contributed by atoms with E-state index in [0.717, 1.165) is 16.3 Å². The highest BCUT2D eigenvalue weighted by Crippen LogP contribution is 2.19. The van der Waals surface area contributed by atoms with Crippen LogP contribution in [0, 0.1) is 0 Å².